The number of amides is 2. The fraction of sp³-hybridized carbons (Fsp3) is 0.429. The number of methoxy groups -OCH3 is 1. The first-order valence-electron chi connectivity index (χ1n) is 6.30. The second-order valence-corrected chi connectivity index (χ2v) is 4.76. The lowest BCUT2D eigenvalue weighted by molar-refractivity contribution is -0.138. The molecule has 1 aromatic carbocycles. The molecule has 1 aliphatic rings. The Hall–Kier alpha value is -2.04. The third kappa shape index (κ3) is 3.24. The van der Waals surface area contributed by atoms with Gasteiger partial charge in [-0.15, -0.1) is 0 Å². The van der Waals surface area contributed by atoms with E-state index in [-0.39, 0.29) is 17.7 Å². The molecule has 0 aliphatic carbocycles. The summed E-state index contributed by atoms with van der Waals surface area (Å²) in [7, 11) is 1.61. The molecule has 0 unspecified atom stereocenters. The summed E-state index contributed by atoms with van der Waals surface area (Å²) in [6.45, 7) is 0.923. The summed E-state index contributed by atoms with van der Waals surface area (Å²) in [5, 5.41) is 0. The third-order valence-corrected chi connectivity index (χ3v) is 3.44. The van der Waals surface area contributed by atoms with Crippen LogP contribution >= 0.6 is 0 Å². The Kier molecular flexibility index (Phi) is 4.04. The van der Waals surface area contributed by atoms with Gasteiger partial charge in [0.05, 0.1) is 13.0 Å². The summed E-state index contributed by atoms with van der Waals surface area (Å²) in [5.74, 6) is 0.306. The molecule has 1 saturated heterocycles. The first-order valence-corrected chi connectivity index (χ1v) is 6.30. The zero-order valence-electron chi connectivity index (χ0n) is 11.0. The number of rotatable bonds is 4. The highest BCUT2D eigenvalue weighted by Crippen LogP contribution is 2.20. The predicted molar refractivity (Wildman–Crippen MR) is 70.3 cm³/mol. The molecule has 5 nitrogen and oxygen atoms in total. The maximum Gasteiger partial charge on any atom is 0.222 e. The first-order chi connectivity index (χ1) is 9.10. The highest BCUT2D eigenvalue weighted by molar-refractivity contribution is 5.82. The van der Waals surface area contributed by atoms with Gasteiger partial charge in [-0.3, -0.25) is 9.59 Å². The van der Waals surface area contributed by atoms with Gasteiger partial charge in [-0.25, -0.2) is 0 Å². The predicted octanol–water partition coefficient (Wildman–Crippen LogP) is 0.919. The van der Waals surface area contributed by atoms with E-state index in [1.54, 1.807) is 12.0 Å². The van der Waals surface area contributed by atoms with Crippen molar-refractivity contribution in [1.82, 2.24) is 4.90 Å². The Morgan fingerprint density at radius 1 is 1.42 bits per heavy atom. The summed E-state index contributed by atoms with van der Waals surface area (Å²) in [6, 6.07) is 7.55. The number of hydrogen-bond donors (Lipinski definition) is 1. The van der Waals surface area contributed by atoms with E-state index in [0.29, 0.717) is 25.9 Å². The van der Waals surface area contributed by atoms with E-state index < -0.39 is 0 Å². The molecule has 2 amide bonds. The van der Waals surface area contributed by atoms with Gasteiger partial charge in [0.25, 0.3) is 0 Å². The number of piperidine rings is 1. The number of hydrogen-bond acceptors (Lipinski definition) is 3. The second kappa shape index (κ2) is 5.73. The van der Waals surface area contributed by atoms with Crippen LogP contribution in [0.15, 0.2) is 24.3 Å². The van der Waals surface area contributed by atoms with Gasteiger partial charge in [-0.2, -0.15) is 0 Å². The van der Waals surface area contributed by atoms with E-state index in [0.717, 1.165) is 11.3 Å². The molecular formula is C14H18N2O3. The molecule has 0 radical (unpaired) electrons. The maximum atomic E-state index is 11.8. The molecule has 102 valence electrons. The van der Waals surface area contributed by atoms with E-state index in [2.05, 4.69) is 0 Å². The molecule has 0 aromatic heterocycles. The minimum Gasteiger partial charge on any atom is -0.497 e. The Bertz CT molecular complexity index is 470. The minimum absolute atomic E-state index is 0.0771. The van der Waals surface area contributed by atoms with Crippen molar-refractivity contribution in [1.29, 1.82) is 0 Å². The summed E-state index contributed by atoms with van der Waals surface area (Å²) in [6.07, 6.45) is 0.955. The molecule has 1 aliphatic heterocycles. The fourth-order valence-corrected chi connectivity index (χ4v) is 2.25. The molecule has 2 rings (SSSR count). The summed E-state index contributed by atoms with van der Waals surface area (Å²) in [5.41, 5.74) is 6.33. The van der Waals surface area contributed by atoms with Gasteiger partial charge in [0.1, 0.15) is 5.75 Å². The summed E-state index contributed by atoms with van der Waals surface area (Å²) < 4.78 is 5.09. The molecule has 1 fully saturated rings. The van der Waals surface area contributed by atoms with Gasteiger partial charge in [0, 0.05) is 19.5 Å². The number of nitrogens with two attached hydrogens (primary N) is 1. The van der Waals surface area contributed by atoms with Crippen molar-refractivity contribution in [2.75, 3.05) is 13.7 Å². The van der Waals surface area contributed by atoms with Crippen molar-refractivity contribution in [3.63, 3.8) is 0 Å². The van der Waals surface area contributed by atoms with Crippen molar-refractivity contribution < 1.29 is 14.3 Å². The average Bonchev–Trinajstić information content (AvgIpc) is 2.42. The van der Waals surface area contributed by atoms with Gasteiger partial charge < -0.3 is 15.4 Å². The Labute approximate surface area is 112 Å². The Morgan fingerprint density at radius 3 is 2.68 bits per heavy atom. The van der Waals surface area contributed by atoms with Gasteiger partial charge in [0.2, 0.25) is 11.8 Å². The second-order valence-electron chi connectivity index (χ2n) is 4.76. The highest BCUT2D eigenvalue weighted by Gasteiger charge is 2.28. The molecule has 0 bridgehead atoms. The SMILES string of the molecule is COc1ccc(CN2C[C@H](C(N)=O)CCC2=O)cc1. The van der Waals surface area contributed by atoms with Crippen molar-refractivity contribution in [2.45, 2.75) is 19.4 Å². The lowest BCUT2D eigenvalue weighted by Gasteiger charge is -2.31. The molecule has 1 atom stereocenters. The molecule has 1 heterocycles. The van der Waals surface area contributed by atoms with Crippen molar-refractivity contribution in [3.05, 3.63) is 29.8 Å². The summed E-state index contributed by atoms with van der Waals surface area (Å²) >= 11 is 0. The van der Waals surface area contributed by atoms with Crippen LogP contribution in [0, 0.1) is 5.92 Å². The van der Waals surface area contributed by atoms with E-state index >= 15 is 0 Å². The normalized spacial score (nSPS) is 19.3. The van der Waals surface area contributed by atoms with Crippen LogP contribution in [0.3, 0.4) is 0 Å². The molecule has 1 aromatic rings. The van der Waals surface area contributed by atoms with Gasteiger partial charge in [-0.1, -0.05) is 12.1 Å². The van der Waals surface area contributed by atoms with E-state index in [9.17, 15) is 9.59 Å². The average molecular weight is 262 g/mol. The quantitative estimate of drug-likeness (QED) is 0.877. The summed E-state index contributed by atoms with van der Waals surface area (Å²) in [4.78, 5) is 24.7. The standard InChI is InChI=1S/C14H18N2O3/c1-19-12-5-2-10(3-6-12)8-16-9-11(14(15)18)4-7-13(16)17/h2-3,5-6,11H,4,7-9H2,1H3,(H2,15,18)/t11-/m1/s1. The number of carbonyl (C=O) groups excluding carboxylic acids is 2. The van der Waals surface area contributed by atoms with Crippen LogP contribution in [0.4, 0.5) is 0 Å². The lowest BCUT2D eigenvalue weighted by Crippen LogP contribution is -2.43. The van der Waals surface area contributed by atoms with Crippen LogP contribution in [-0.4, -0.2) is 30.4 Å². The van der Waals surface area contributed by atoms with Crippen LogP contribution in [0.25, 0.3) is 0 Å². The van der Waals surface area contributed by atoms with Gasteiger partial charge in [0.15, 0.2) is 0 Å². The van der Waals surface area contributed by atoms with Crippen molar-refractivity contribution >= 4 is 11.8 Å². The Balaban J connectivity index is 2.03. The van der Waals surface area contributed by atoms with Crippen LogP contribution in [0.2, 0.25) is 0 Å². The molecule has 5 heteroatoms. The zero-order chi connectivity index (χ0) is 13.8. The molecular weight excluding hydrogens is 244 g/mol. The third-order valence-electron chi connectivity index (χ3n) is 3.44. The first kappa shape index (κ1) is 13.4. The van der Waals surface area contributed by atoms with Gasteiger partial charge in [-0.05, 0) is 24.1 Å². The Morgan fingerprint density at radius 2 is 2.11 bits per heavy atom. The fourth-order valence-electron chi connectivity index (χ4n) is 2.25. The van der Waals surface area contributed by atoms with E-state index in [4.69, 9.17) is 10.5 Å². The number of likely N-dealkylation sites (tertiary alicyclic amines) is 1. The molecule has 0 spiro atoms. The van der Waals surface area contributed by atoms with Crippen molar-refractivity contribution in [2.24, 2.45) is 11.7 Å². The number of carbonyl (C=O) groups is 2. The minimum atomic E-state index is -0.327. The number of benzene rings is 1. The number of nitrogens with zero attached hydrogens (tertiary/aromatic N) is 1. The topological polar surface area (TPSA) is 72.6 Å². The largest absolute Gasteiger partial charge is 0.497 e. The maximum absolute atomic E-state index is 11.8. The van der Waals surface area contributed by atoms with Crippen LogP contribution in [-0.2, 0) is 16.1 Å². The van der Waals surface area contributed by atoms with E-state index in [1.807, 2.05) is 24.3 Å². The van der Waals surface area contributed by atoms with Crippen molar-refractivity contribution in [3.8, 4) is 5.75 Å². The highest BCUT2D eigenvalue weighted by atomic mass is 16.5. The number of ether oxygens (including phenoxy) is 1. The molecule has 2 N–H and O–H groups in total. The monoisotopic (exact) mass is 262 g/mol. The molecule has 0 saturated carbocycles. The smallest absolute Gasteiger partial charge is 0.222 e. The van der Waals surface area contributed by atoms with Crippen LogP contribution < -0.4 is 10.5 Å². The van der Waals surface area contributed by atoms with E-state index in [1.165, 1.54) is 0 Å². The molecule has 19 heavy (non-hydrogen) atoms. The van der Waals surface area contributed by atoms with Gasteiger partial charge >= 0.3 is 0 Å². The van der Waals surface area contributed by atoms with Crippen LogP contribution in [0.1, 0.15) is 18.4 Å². The number of primary amides is 1. The lowest BCUT2D eigenvalue weighted by atomic mass is 9.96. The van der Waals surface area contributed by atoms with Crippen LogP contribution in [0.5, 0.6) is 5.75 Å². The zero-order valence-corrected chi connectivity index (χ0v) is 11.0.